The van der Waals surface area contributed by atoms with Crippen molar-refractivity contribution in [3.8, 4) is 5.88 Å². The Kier molecular flexibility index (Phi) is 5.63. The normalized spacial score (nSPS) is 15.5. The highest BCUT2D eigenvalue weighted by Gasteiger charge is 2.20. The number of H-pyrrole nitrogens is 2. The molecule has 0 saturated heterocycles. The topological polar surface area (TPSA) is 137 Å². The molecule has 0 radical (unpaired) electrons. The van der Waals surface area contributed by atoms with Crippen molar-refractivity contribution in [1.82, 2.24) is 15.0 Å². The van der Waals surface area contributed by atoms with Crippen LogP contribution in [0.15, 0.2) is 35.5 Å². The summed E-state index contributed by atoms with van der Waals surface area (Å²) in [6.07, 6.45) is 7.85. The molecule has 10 heteroatoms. The Morgan fingerprint density at radius 2 is 1.97 bits per heavy atom. The number of anilines is 1. The van der Waals surface area contributed by atoms with E-state index in [0.29, 0.717) is 36.5 Å². The number of nitrogens with two attached hydrogens (primary N) is 1. The third kappa shape index (κ3) is 4.83. The van der Waals surface area contributed by atoms with E-state index >= 15 is 0 Å². The summed E-state index contributed by atoms with van der Waals surface area (Å²) in [5.41, 5.74) is 2.19. The fourth-order valence-electron chi connectivity index (χ4n) is 3.57. The number of nitrogens with zero attached hydrogens (tertiary/aromatic N) is 2. The van der Waals surface area contributed by atoms with Gasteiger partial charge in [-0.2, -0.15) is 0 Å². The van der Waals surface area contributed by atoms with Gasteiger partial charge in [0.2, 0.25) is 10.0 Å². The Morgan fingerprint density at radius 3 is 2.69 bits per heavy atom. The number of rotatable bonds is 7. The van der Waals surface area contributed by atoms with Crippen LogP contribution < -0.4 is 20.2 Å². The lowest BCUT2D eigenvalue weighted by atomic mass is 9.90. The van der Waals surface area contributed by atoms with Crippen LogP contribution in [0.1, 0.15) is 37.7 Å². The standard InChI is InChI=1S/C19H24N6O3S/c20-29(26,27)15-8-6-13(7-9-15)10-21-19-24-17-16(22-12-23-17)18(25-19)28-11-14-4-2-1-3-5-14/h6-9,12,14H,1-5,10-11H2,(H2,20,26,27)(H2,21,22,23,24,25)/p+1. The number of benzene rings is 1. The van der Waals surface area contributed by atoms with Crippen molar-refractivity contribution in [1.29, 1.82) is 0 Å². The monoisotopic (exact) mass is 417 g/mol. The van der Waals surface area contributed by atoms with Crippen LogP contribution in [0, 0.1) is 5.92 Å². The van der Waals surface area contributed by atoms with Crippen LogP contribution in [0.3, 0.4) is 0 Å². The van der Waals surface area contributed by atoms with Crippen molar-refractivity contribution in [2.24, 2.45) is 11.1 Å². The van der Waals surface area contributed by atoms with E-state index in [1.54, 1.807) is 18.5 Å². The second-order valence-corrected chi connectivity index (χ2v) is 8.93. The molecule has 4 rings (SSSR count). The van der Waals surface area contributed by atoms with Gasteiger partial charge < -0.3 is 9.72 Å². The molecule has 1 fully saturated rings. The molecule has 1 saturated carbocycles. The number of ether oxygens (including phenoxy) is 1. The molecule has 0 aliphatic heterocycles. The van der Waals surface area contributed by atoms with E-state index in [0.717, 1.165) is 11.1 Å². The number of aromatic amines is 2. The Morgan fingerprint density at radius 1 is 1.21 bits per heavy atom. The molecule has 0 amide bonds. The zero-order valence-electron chi connectivity index (χ0n) is 16.0. The van der Waals surface area contributed by atoms with Crippen molar-refractivity contribution in [2.45, 2.75) is 43.5 Å². The van der Waals surface area contributed by atoms with Crippen molar-refractivity contribution in [3.05, 3.63) is 36.2 Å². The number of primary sulfonamides is 1. The lowest BCUT2D eigenvalue weighted by molar-refractivity contribution is -0.380. The van der Waals surface area contributed by atoms with Crippen LogP contribution in [0.25, 0.3) is 11.2 Å². The molecule has 154 valence electrons. The zero-order chi connectivity index (χ0) is 20.3. The minimum absolute atomic E-state index is 0.0854. The van der Waals surface area contributed by atoms with Gasteiger partial charge in [0.25, 0.3) is 11.5 Å². The maximum absolute atomic E-state index is 11.4. The average molecular weight is 418 g/mol. The van der Waals surface area contributed by atoms with Crippen LogP contribution in [0.4, 0.5) is 5.95 Å². The first-order chi connectivity index (χ1) is 14.0. The Labute approximate surface area is 169 Å². The second-order valence-electron chi connectivity index (χ2n) is 7.37. The van der Waals surface area contributed by atoms with Crippen molar-refractivity contribution < 1.29 is 18.1 Å². The van der Waals surface area contributed by atoms with Gasteiger partial charge >= 0.3 is 5.95 Å². The summed E-state index contributed by atoms with van der Waals surface area (Å²) in [6.45, 7) is 1.12. The number of aromatic nitrogens is 4. The number of fused-ring (bicyclic) bond motifs is 1. The summed E-state index contributed by atoms with van der Waals surface area (Å²) in [7, 11) is -3.69. The van der Waals surface area contributed by atoms with Gasteiger partial charge in [0, 0.05) is 0 Å². The van der Waals surface area contributed by atoms with Gasteiger partial charge in [-0.15, -0.1) is 0 Å². The highest BCUT2D eigenvalue weighted by atomic mass is 32.2. The molecule has 0 spiro atoms. The second kappa shape index (κ2) is 8.34. The van der Waals surface area contributed by atoms with E-state index in [1.807, 2.05) is 0 Å². The SMILES string of the molecule is NS(=O)(=O)c1ccc(CNc2nc3nc[nH]c3c(OCC3CCCCC3)[nH+]2)cc1. The minimum atomic E-state index is -3.69. The first-order valence-corrected chi connectivity index (χ1v) is 11.3. The summed E-state index contributed by atoms with van der Waals surface area (Å²) < 4.78 is 28.8. The van der Waals surface area contributed by atoms with Crippen LogP contribution in [0.2, 0.25) is 0 Å². The van der Waals surface area contributed by atoms with Gasteiger partial charge in [-0.3, -0.25) is 5.32 Å². The highest BCUT2D eigenvalue weighted by molar-refractivity contribution is 7.89. The van der Waals surface area contributed by atoms with Gasteiger partial charge in [0.05, 0.1) is 24.4 Å². The molecular weight excluding hydrogens is 392 g/mol. The van der Waals surface area contributed by atoms with Crippen molar-refractivity contribution in [3.63, 3.8) is 0 Å². The number of nitrogens with one attached hydrogen (secondary N) is 3. The maximum atomic E-state index is 11.4. The van der Waals surface area contributed by atoms with Crippen molar-refractivity contribution >= 4 is 27.1 Å². The molecule has 1 aliphatic carbocycles. The van der Waals surface area contributed by atoms with Gasteiger partial charge in [-0.05, 0) is 41.4 Å². The van der Waals surface area contributed by atoms with E-state index in [-0.39, 0.29) is 4.90 Å². The fraction of sp³-hybridized carbons (Fsp3) is 0.421. The highest BCUT2D eigenvalue weighted by Crippen LogP contribution is 2.25. The average Bonchev–Trinajstić information content (AvgIpc) is 3.20. The molecule has 1 aliphatic rings. The van der Waals surface area contributed by atoms with Gasteiger partial charge in [0.1, 0.15) is 0 Å². The minimum Gasteiger partial charge on any atom is -0.466 e. The quantitative estimate of drug-likeness (QED) is 0.538. The summed E-state index contributed by atoms with van der Waals surface area (Å²) in [5, 5.41) is 8.33. The summed E-state index contributed by atoms with van der Waals surface area (Å²) in [4.78, 5) is 15.0. The molecule has 0 bridgehead atoms. The maximum Gasteiger partial charge on any atom is 0.394 e. The molecular formula is C19H25N6O3S+. The van der Waals surface area contributed by atoms with Crippen LogP contribution >= 0.6 is 0 Å². The van der Waals surface area contributed by atoms with E-state index in [4.69, 9.17) is 9.88 Å². The predicted octanol–water partition coefficient (Wildman–Crippen LogP) is 1.99. The van der Waals surface area contributed by atoms with Crippen molar-refractivity contribution in [2.75, 3.05) is 11.9 Å². The smallest absolute Gasteiger partial charge is 0.394 e. The predicted molar refractivity (Wildman–Crippen MR) is 108 cm³/mol. The molecule has 3 aromatic rings. The lowest BCUT2D eigenvalue weighted by Gasteiger charge is -2.21. The molecule has 2 aromatic heterocycles. The summed E-state index contributed by atoms with van der Waals surface area (Å²) in [6, 6.07) is 6.39. The molecule has 9 nitrogen and oxygen atoms in total. The first-order valence-electron chi connectivity index (χ1n) is 9.74. The van der Waals surface area contributed by atoms with Gasteiger partial charge in [-0.25, -0.2) is 23.5 Å². The van der Waals surface area contributed by atoms with E-state index in [9.17, 15) is 8.42 Å². The van der Waals surface area contributed by atoms with Crippen LogP contribution in [-0.2, 0) is 16.6 Å². The summed E-state index contributed by atoms with van der Waals surface area (Å²) >= 11 is 0. The van der Waals surface area contributed by atoms with Crippen LogP contribution in [-0.4, -0.2) is 30.0 Å². The Hall–Kier alpha value is -2.72. The van der Waals surface area contributed by atoms with E-state index in [2.05, 4.69) is 25.3 Å². The Bertz CT molecular complexity index is 1080. The summed E-state index contributed by atoms with van der Waals surface area (Å²) in [5.74, 6) is 1.72. The van der Waals surface area contributed by atoms with Gasteiger partial charge in [-0.1, -0.05) is 31.4 Å². The van der Waals surface area contributed by atoms with Crippen LogP contribution in [0.5, 0.6) is 5.88 Å². The molecule has 2 heterocycles. The third-order valence-corrected chi connectivity index (χ3v) is 6.13. The largest absolute Gasteiger partial charge is 0.466 e. The first kappa shape index (κ1) is 19.6. The molecule has 29 heavy (non-hydrogen) atoms. The fourth-order valence-corrected chi connectivity index (χ4v) is 4.09. The number of hydrogen-bond donors (Lipinski definition) is 3. The van der Waals surface area contributed by atoms with E-state index in [1.165, 1.54) is 44.2 Å². The van der Waals surface area contributed by atoms with Gasteiger partial charge in [0.15, 0.2) is 5.52 Å². The molecule has 0 atom stereocenters. The number of hydrogen-bond acceptors (Lipinski definition) is 6. The number of sulfonamides is 1. The molecule has 5 N–H and O–H groups in total. The zero-order valence-corrected chi connectivity index (χ0v) is 16.8. The third-order valence-electron chi connectivity index (χ3n) is 5.20. The van der Waals surface area contributed by atoms with E-state index < -0.39 is 10.0 Å². The molecule has 1 aromatic carbocycles. The Balaban J connectivity index is 1.46. The lowest BCUT2D eigenvalue weighted by Crippen LogP contribution is -2.22. The number of imidazole rings is 1. The molecule has 0 unspecified atom stereocenters.